The second-order valence-electron chi connectivity index (χ2n) is 5.17. The number of nitrogens with one attached hydrogen (secondary N) is 1. The molecule has 0 atom stereocenters. The zero-order valence-corrected chi connectivity index (χ0v) is 13.5. The van der Waals surface area contributed by atoms with Gasteiger partial charge >= 0.3 is 0 Å². The molecule has 0 aliphatic carbocycles. The molecule has 1 N–H and O–H groups in total. The fourth-order valence-corrected chi connectivity index (χ4v) is 2.19. The van der Waals surface area contributed by atoms with Crippen molar-refractivity contribution in [1.82, 2.24) is 0 Å². The summed E-state index contributed by atoms with van der Waals surface area (Å²) in [5.41, 5.74) is 2.37. The highest BCUT2D eigenvalue weighted by Gasteiger charge is 2.16. The van der Waals surface area contributed by atoms with E-state index in [1.807, 2.05) is 31.2 Å². The minimum Gasteiger partial charge on any atom is -0.497 e. The Balaban J connectivity index is 2.11. The highest BCUT2D eigenvalue weighted by Crippen LogP contribution is 2.20. The number of carbonyl (C=O) groups is 2. The van der Waals surface area contributed by atoms with E-state index < -0.39 is 0 Å². The SMILES string of the molecule is COc1ccc(N(CC(=O)Nc2ccccc2C)C(C)=O)cc1. The second-order valence-corrected chi connectivity index (χ2v) is 5.17. The van der Waals surface area contributed by atoms with Crippen LogP contribution in [0.4, 0.5) is 11.4 Å². The standard InChI is InChI=1S/C18H20N2O3/c1-13-6-4-5-7-17(13)19-18(22)12-20(14(2)21)15-8-10-16(23-3)11-9-15/h4-11H,12H2,1-3H3,(H,19,22). The molecule has 120 valence electrons. The first kappa shape index (κ1) is 16.5. The molecule has 2 rings (SSSR count). The summed E-state index contributed by atoms with van der Waals surface area (Å²) in [6.45, 7) is 3.31. The van der Waals surface area contributed by atoms with Crippen LogP contribution in [0.25, 0.3) is 0 Å². The van der Waals surface area contributed by atoms with Crippen molar-refractivity contribution in [3.05, 3.63) is 54.1 Å². The van der Waals surface area contributed by atoms with Crippen LogP contribution < -0.4 is 15.0 Å². The lowest BCUT2D eigenvalue weighted by Gasteiger charge is -2.21. The fourth-order valence-electron chi connectivity index (χ4n) is 2.19. The van der Waals surface area contributed by atoms with E-state index in [0.717, 1.165) is 11.3 Å². The van der Waals surface area contributed by atoms with Crippen LogP contribution >= 0.6 is 0 Å². The van der Waals surface area contributed by atoms with Crippen molar-refractivity contribution in [1.29, 1.82) is 0 Å². The second kappa shape index (κ2) is 7.45. The number of carbonyl (C=O) groups excluding carboxylic acids is 2. The van der Waals surface area contributed by atoms with Gasteiger partial charge < -0.3 is 15.0 Å². The van der Waals surface area contributed by atoms with Crippen molar-refractivity contribution in [2.75, 3.05) is 23.9 Å². The topological polar surface area (TPSA) is 58.6 Å². The summed E-state index contributed by atoms with van der Waals surface area (Å²) < 4.78 is 5.10. The van der Waals surface area contributed by atoms with Gasteiger partial charge in [-0.25, -0.2) is 0 Å². The molecule has 23 heavy (non-hydrogen) atoms. The molecule has 0 fully saturated rings. The van der Waals surface area contributed by atoms with E-state index in [2.05, 4.69) is 5.32 Å². The van der Waals surface area contributed by atoms with E-state index in [1.165, 1.54) is 11.8 Å². The first-order valence-corrected chi connectivity index (χ1v) is 7.29. The number of amides is 2. The normalized spacial score (nSPS) is 10.0. The minimum atomic E-state index is -0.245. The third kappa shape index (κ3) is 4.32. The summed E-state index contributed by atoms with van der Waals surface area (Å²) in [4.78, 5) is 25.5. The van der Waals surface area contributed by atoms with Crippen LogP contribution in [-0.2, 0) is 9.59 Å². The number of nitrogens with zero attached hydrogens (tertiary/aromatic N) is 1. The summed E-state index contributed by atoms with van der Waals surface area (Å²) in [6, 6.07) is 14.5. The largest absolute Gasteiger partial charge is 0.497 e. The lowest BCUT2D eigenvalue weighted by atomic mass is 10.2. The van der Waals surface area contributed by atoms with Gasteiger partial charge in [-0.1, -0.05) is 18.2 Å². The van der Waals surface area contributed by atoms with Crippen LogP contribution in [0.3, 0.4) is 0 Å². The Labute approximate surface area is 135 Å². The van der Waals surface area contributed by atoms with E-state index in [4.69, 9.17) is 4.74 Å². The van der Waals surface area contributed by atoms with Gasteiger partial charge in [-0.15, -0.1) is 0 Å². The van der Waals surface area contributed by atoms with Crippen LogP contribution in [-0.4, -0.2) is 25.5 Å². The molecular weight excluding hydrogens is 292 g/mol. The lowest BCUT2D eigenvalue weighted by molar-refractivity contribution is -0.120. The summed E-state index contributed by atoms with van der Waals surface area (Å²) in [7, 11) is 1.58. The molecule has 0 radical (unpaired) electrons. The quantitative estimate of drug-likeness (QED) is 0.923. The monoisotopic (exact) mass is 312 g/mol. The van der Waals surface area contributed by atoms with Crippen LogP contribution in [0.15, 0.2) is 48.5 Å². The predicted molar refractivity (Wildman–Crippen MR) is 90.8 cm³/mol. The molecule has 2 aromatic carbocycles. The Morgan fingerprint density at radius 1 is 1.09 bits per heavy atom. The molecule has 5 nitrogen and oxygen atoms in total. The summed E-state index contributed by atoms with van der Waals surface area (Å²) in [6.07, 6.45) is 0. The van der Waals surface area contributed by atoms with E-state index >= 15 is 0 Å². The fraction of sp³-hybridized carbons (Fsp3) is 0.222. The zero-order chi connectivity index (χ0) is 16.8. The van der Waals surface area contributed by atoms with Crippen molar-refractivity contribution in [3.63, 3.8) is 0 Å². The highest BCUT2D eigenvalue weighted by molar-refractivity contribution is 6.02. The van der Waals surface area contributed by atoms with Crippen molar-refractivity contribution < 1.29 is 14.3 Å². The Bertz CT molecular complexity index is 696. The van der Waals surface area contributed by atoms with Crippen LogP contribution in [0.5, 0.6) is 5.75 Å². The maximum Gasteiger partial charge on any atom is 0.244 e. The van der Waals surface area contributed by atoms with Gasteiger partial charge in [-0.05, 0) is 42.8 Å². The van der Waals surface area contributed by atoms with Gasteiger partial charge in [-0.2, -0.15) is 0 Å². The molecule has 0 spiro atoms. The van der Waals surface area contributed by atoms with E-state index in [-0.39, 0.29) is 18.4 Å². The maximum absolute atomic E-state index is 12.2. The van der Waals surface area contributed by atoms with Crippen molar-refractivity contribution in [3.8, 4) is 5.75 Å². The molecule has 0 heterocycles. The average Bonchev–Trinajstić information content (AvgIpc) is 2.55. The highest BCUT2D eigenvalue weighted by atomic mass is 16.5. The van der Waals surface area contributed by atoms with Gasteiger partial charge in [0.2, 0.25) is 11.8 Å². The molecule has 0 unspecified atom stereocenters. The number of benzene rings is 2. The number of methoxy groups -OCH3 is 1. The van der Waals surface area contributed by atoms with Gasteiger partial charge in [0.15, 0.2) is 0 Å². The molecular formula is C18H20N2O3. The van der Waals surface area contributed by atoms with Crippen LogP contribution in [0.1, 0.15) is 12.5 Å². The molecule has 0 aromatic heterocycles. The summed E-state index contributed by atoms with van der Waals surface area (Å²) in [5, 5.41) is 2.83. The van der Waals surface area contributed by atoms with Crippen molar-refractivity contribution >= 4 is 23.2 Å². The van der Waals surface area contributed by atoms with Gasteiger partial charge in [0.1, 0.15) is 12.3 Å². The third-order valence-electron chi connectivity index (χ3n) is 3.49. The molecule has 0 aliphatic heterocycles. The van der Waals surface area contributed by atoms with Gasteiger partial charge in [0.05, 0.1) is 7.11 Å². The molecule has 0 saturated carbocycles. The molecule has 0 aliphatic rings. The first-order valence-electron chi connectivity index (χ1n) is 7.29. The predicted octanol–water partition coefficient (Wildman–Crippen LogP) is 3.00. The number of hydrogen-bond acceptors (Lipinski definition) is 3. The number of hydrogen-bond donors (Lipinski definition) is 1. The number of rotatable bonds is 5. The Morgan fingerprint density at radius 3 is 2.30 bits per heavy atom. The molecule has 0 saturated heterocycles. The smallest absolute Gasteiger partial charge is 0.244 e. The zero-order valence-electron chi connectivity index (χ0n) is 13.5. The summed E-state index contributed by atoms with van der Waals surface area (Å²) in [5.74, 6) is 0.252. The van der Waals surface area contributed by atoms with Crippen molar-refractivity contribution in [2.24, 2.45) is 0 Å². The molecule has 2 amide bonds. The van der Waals surface area contributed by atoms with E-state index in [9.17, 15) is 9.59 Å². The number of aryl methyl sites for hydroxylation is 1. The molecule has 5 heteroatoms. The summed E-state index contributed by atoms with van der Waals surface area (Å²) >= 11 is 0. The number of para-hydroxylation sites is 1. The van der Waals surface area contributed by atoms with E-state index in [0.29, 0.717) is 11.4 Å². The Morgan fingerprint density at radius 2 is 1.74 bits per heavy atom. The minimum absolute atomic E-state index is 0.0456. The molecule has 0 bridgehead atoms. The van der Waals surface area contributed by atoms with Crippen LogP contribution in [0.2, 0.25) is 0 Å². The van der Waals surface area contributed by atoms with Gasteiger partial charge in [-0.3, -0.25) is 9.59 Å². The number of ether oxygens (including phenoxy) is 1. The Kier molecular flexibility index (Phi) is 5.36. The Hall–Kier alpha value is -2.82. The van der Waals surface area contributed by atoms with Gasteiger partial charge in [0.25, 0.3) is 0 Å². The average molecular weight is 312 g/mol. The third-order valence-corrected chi connectivity index (χ3v) is 3.49. The molecule has 2 aromatic rings. The maximum atomic E-state index is 12.2. The van der Waals surface area contributed by atoms with Gasteiger partial charge in [0, 0.05) is 18.3 Å². The van der Waals surface area contributed by atoms with E-state index in [1.54, 1.807) is 31.4 Å². The van der Waals surface area contributed by atoms with Crippen LogP contribution in [0, 0.1) is 6.92 Å². The van der Waals surface area contributed by atoms with Crippen molar-refractivity contribution in [2.45, 2.75) is 13.8 Å². The lowest BCUT2D eigenvalue weighted by Crippen LogP contribution is -2.36. The number of anilines is 2. The first-order chi connectivity index (χ1) is 11.0.